The summed E-state index contributed by atoms with van der Waals surface area (Å²) < 4.78 is 5.65. The van der Waals surface area contributed by atoms with Gasteiger partial charge in [-0.1, -0.05) is 44.2 Å². The van der Waals surface area contributed by atoms with Gasteiger partial charge in [-0.05, 0) is 11.5 Å². The summed E-state index contributed by atoms with van der Waals surface area (Å²) in [5, 5.41) is 0.916. The minimum Gasteiger partial charge on any atom is -0.472 e. The molecule has 100 valence electrons. The second-order valence-electron chi connectivity index (χ2n) is 4.67. The van der Waals surface area contributed by atoms with Crippen molar-refractivity contribution in [1.82, 2.24) is 9.97 Å². The lowest BCUT2D eigenvalue weighted by atomic mass is 10.2. The van der Waals surface area contributed by atoms with Crippen LogP contribution in [0.1, 0.15) is 19.4 Å². The van der Waals surface area contributed by atoms with Crippen LogP contribution in [0.25, 0.3) is 0 Å². The van der Waals surface area contributed by atoms with E-state index in [1.165, 1.54) is 0 Å². The number of rotatable bonds is 6. The van der Waals surface area contributed by atoms with Crippen molar-refractivity contribution in [3.05, 3.63) is 48.3 Å². The van der Waals surface area contributed by atoms with Crippen molar-refractivity contribution >= 4 is 11.8 Å². The molecule has 19 heavy (non-hydrogen) atoms. The van der Waals surface area contributed by atoms with Crippen molar-refractivity contribution < 1.29 is 4.74 Å². The van der Waals surface area contributed by atoms with Crippen LogP contribution in [0.15, 0.2) is 47.8 Å². The third kappa shape index (κ3) is 4.91. The normalized spacial score (nSPS) is 10.7. The Bertz CT molecular complexity index is 503. The molecule has 0 radical (unpaired) electrons. The summed E-state index contributed by atoms with van der Waals surface area (Å²) in [6.45, 7) is 4.90. The number of thioether (sulfide) groups is 1. The van der Waals surface area contributed by atoms with Gasteiger partial charge in [0.25, 0.3) is 0 Å². The van der Waals surface area contributed by atoms with Gasteiger partial charge in [0, 0.05) is 5.75 Å². The summed E-state index contributed by atoms with van der Waals surface area (Å²) in [5.41, 5.74) is 1.13. The molecule has 0 N–H and O–H groups in total. The van der Waals surface area contributed by atoms with Crippen LogP contribution in [0.3, 0.4) is 0 Å². The number of hydrogen-bond donors (Lipinski definition) is 0. The van der Waals surface area contributed by atoms with Crippen LogP contribution in [0.5, 0.6) is 5.88 Å². The fourth-order valence-corrected chi connectivity index (χ4v) is 2.25. The summed E-state index contributed by atoms with van der Waals surface area (Å²) in [4.78, 5) is 8.60. The van der Waals surface area contributed by atoms with Crippen molar-refractivity contribution in [3.63, 3.8) is 0 Å². The van der Waals surface area contributed by atoms with Gasteiger partial charge in [-0.2, -0.15) is 0 Å². The van der Waals surface area contributed by atoms with E-state index >= 15 is 0 Å². The Labute approximate surface area is 118 Å². The third-order valence-corrected chi connectivity index (χ3v) is 3.71. The van der Waals surface area contributed by atoms with Crippen molar-refractivity contribution in [2.24, 2.45) is 5.92 Å². The Morgan fingerprint density at radius 2 is 1.95 bits per heavy atom. The van der Waals surface area contributed by atoms with Gasteiger partial charge in [0.2, 0.25) is 5.88 Å². The molecule has 0 atom stereocenters. The first-order chi connectivity index (χ1) is 9.24. The van der Waals surface area contributed by atoms with E-state index in [2.05, 4.69) is 23.8 Å². The van der Waals surface area contributed by atoms with Gasteiger partial charge >= 0.3 is 0 Å². The molecule has 0 aliphatic carbocycles. The minimum atomic E-state index is 0.522. The molecule has 0 aliphatic heterocycles. The van der Waals surface area contributed by atoms with Gasteiger partial charge in [-0.15, -0.1) is 11.8 Å². The van der Waals surface area contributed by atoms with Crippen LogP contribution >= 0.6 is 11.8 Å². The Morgan fingerprint density at radius 1 is 1.16 bits per heavy atom. The van der Waals surface area contributed by atoms with Crippen LogP contribution in [-0.4, -0.2) is 15.7 Å². The first-order valence-electron chi connectivity index (χ1n) is 6.35. The van der Waals surface area contributed by atoms with Crippen LogP contribution in [-0.2, 0) is 6.61 Å². The highest BCUT2D eigenvalue weighted by Gasteiger charge is 2.02. The lowest BCUT2D eigenvalue weighted by Crippen LogP contribution is -1.99. The summed E-state index contributed by atoms with van der Waals surface area (Å²) in [7, 11) is 0. The average molecular weight is 274 g/mol. The zero-order valence-electron chi connectivity index (χ0n) is 11.2. The number of hydrogen-bond acceptors (Lipinski definition) is 4. The van der Waals surface area contributed by atoms with E-state index in [4.69, 9.17) is 4.74 Å². The van der Waals surface area contributed by atoms with Crippen LogP contribution in [0.4, 0.5) is 0 Å². The van der Waals surface area contributed by atoms with Crippen LogP contribution in [0, 0.1) is 5.92 Å². The molecule has 0 amide bonds. The largest absolute Gasteiger partial charge is 0.472 e. The highest BCUT2D eigenvalue weighted by molar-refractivity contribution is 7.99. The molecule has 0 aliphatic rings. The Morgan fingerprint density at radius 3 is 2.68 bits per heavy atom. The Balaban J connectivity index is 1.91. The maximum absolute atomic E-state index is 5.65. The maximum Gasteiger partial charge on any atom is 0.233 e. The van der Waals surface area contributed by atoms with Crippen molar-refractivity contribution in [2.45, 2.75) is 25.5 Å². The quantitative estimate of drug-likeness (QED) is 0.750. The SMILES string of the molecule is CC(C)CSc1cncc(OCc2ccccc2)n1. The molecule has 0 spiro atoms. The molecule has 1 heterocycles. The molecular formula is C15H18N2OS. The van der Waals surface area contributed by atoms with E-state index in [0.717, 1.165) is 16.3 Å². The van der Waals surface area contributed by atoms with Gasteiger partial charge in [-0.25, -0.2) is 4.98 Å². The number of aromatic nitrogens is 2. The third-order valence-electron chi connectivity index (χ3n) is 2.38. The average Bonchev–Trinajstić information content (AvgIpc) is 2.44. The molecule has 0 fully saturated rings. The van der Waals surface area contributed by atoms with E-state index in [1.807, 2.05) is 30.3 Å². The fraction of sp³-hybridized carbons (Fsp3) is 0.333. The van der Waals surface area contributed by atoms with Crippen LogP contribution in [0.2, 0.25) is 0 Å². The molecule has 1 aromatic carbocycles. The predicted molar refractivity (Wildman–Crippen MR) is 78.4 cm³/mol. The second-order valence-corrected chi connectivity index (χ2v) is 5.71. The molecule has 2 rings (SSSR count). The smallest absolute Gasteiger partial charge is 0.233 e. The molecule has 4 heteroatoms. The summed E-state index contributed by atoms with van der Waals surface area (Å²) in [5.74, 6) is 2.26. The van der Waals surface area contributed by atoms with Gasteiger partial charge < -0.3 is 4.74 Å². The van der Waals surface area contributed by atoms with E-state index in [1.54, 1.807) is 24.2 Å². The van der Waals surface area contributed by atoms with Gasteiger partial charge in [0.05, 0.1) is 12.4 Å². The molecule has 3 nitrogen and oxygen atoms in total. The van der Waals surface area contributed by atoms with E-state index in [-0.39, 0.29) is 0 Å². The molecule has 0 unspecified atom stereocenters. The zero-order valence-corrected chi connectivity index (χ0v) is 12.1. The molecule has 0 saturated carbocycles. The van der Waals surface area contributed by atoms with Gasteiger partial charge in [0.15, 0.2) is 0 Å². The predicted octanol–water partition coefficient (Wildman–Crippen LogP) is 3.80. The molecular weight excluding hydrogens is 256 g/mol. The summed E-state index contributed by atoms with van der Waals surface area (Å²) in [6.07, 6.45) is 3.44. The second kappa shape index (κ2) is 7.14. The first kappa shape index (κ1) is 13.9. The van der Waals surface area contributed by atoms with Crippen molar-refractivity contribution in [1.29, 1.82) is 0 Å². The maximum atomic E-state index is 5.65. The minimum absolute atomic E-state index is 0.522. The molecule has 1 aromatic heterocycles. The molecule has 0 saturated heterocycles. The number of nitrogens with zero attached hydrogens (tertiary/aromatic N) is 2. The molecule has 0 bridgehead atoms. The highest BCUT2D eigenvalue weighted by Crippen LogP contribution is 2.20. The summed E-state index contributed by atoms with van der Waals surface area (Å²) in [6, 6.07) is 10.1. The lowest BCUT2D eigenvalue weighted by Gasteiger charge is -2.07. The lowest BCUT2D eigenvalue weighted by molar-refractivity contribution is 0.290. The zero-order chi connectivity index (χ0) is 13.5. The van der Waals surface area contributed by atoms with Crippen LogP contribution < -0.4 is 4.74 Å². The van der Waals surface area contributed by atoms with Crippen molar-refractivity contribution in [3.8, 4) is 5.88 Å². The molecule has 2 aromatic rings. The Hall–Kier alpha value is -1.55. The van der Waals surface area contributed by atoms with E-state index in [0.29, 0.717) is 18.4 Å². The standard InChI is InChI=1S/C15H18N2OS/c1-12(2)11-19-15-9-16-8-14(17-15)18-10-13-6-4-3-5-7-13/h3-9,12H,10-11H2,1-2H3. The topological polar surface area (TPSA) is 35.0 Å². The number of ether oxygens (including phenoxy) is 1. The monoisotopic (exact) mass is 274 g/mol. The van der Waals surface area contributed by atoms with E-state index < -0.39 is 0 Å². The van der Waals surface area contributed by atoms with Gasteiger partial charge in [0.1, 0.15) is 11.6 Å². The summed E-state index contributed by atoms with van der Waals surface area (Å²) >= 11 is 1.71. The van der Waals surface area contributed by atoms with Gasteiger partial charge in [-0.3, -0.25) is 4.98 Å². The highest BCUT2D eigenvalue weighted by atomic mass is 32.2. The fourth-order valence-electron chi connectivity index (χ4n) is 1.45. The number of benzene rings is 1. The van der Waals surface area contributed by atoms with Crippen molar-refractivity contribution in [2.75, 3.05) is 5.75 Å². The van der Waals surface area contributed by atoms with E-state index in [9.17, 15) is 0 Å². The first-order valence-corrected chi connectivity index (χ1v) is 7.34. The Kier molecular flexibility index (Phi) is 5.21.